The lowest BCUT2D eigenvalue weighted by Gasteiger charge is -2.55. The first-order valence-electron chi connectivity index (χ1n) is 13.6. The van der Waals surface area contributed by atoms with E-state index in [-0.39, 0.29) is 23.8 Å². The minimum absolute atomic E-state index is 0.0331. The number of para-hydroxylation sites is 3. The molecule has 6 nitrogen and oxygen atoms in total. The number of amides is 2. The lowest BCUT2D eigenvalue weighted by molar-refractivity contribution is -0.146. The number of hydrogen-bond acceptors (Lipinski definition) is 3. The topological polar surface area (TPSA) is 67.2 Å². The average Bonchev–Trinajstić information content (AvgIpc) is 3.21. The Morgan fingerprint density at radius 1 is 0.972 bits per heavy atom. The average molecular weight is 485 g/mol. The van der Waals surface area contributed by atoms with Crippen molar-refractivity contribution in [2.24, 2.45) is 23.2 Å². The number of imidazole rings is 1. The third-order valence-corrected chi connectivity index (χ3v) is 8.87. The molecule has 0 atom stereocenters. The number of carbonyl (C=O) groups is 2. The summed E-state index contributed by atoms with van der Waals surface area (Å²) in [6.07, 6.45) is 7.84. The van der Waals surface area contributed by atoms with E-state index in [0.29, 0.717) is 19.5 Å². The van der Waals surface area contributed by atoms with Gasteiger partial charge >= 0.3 is 0 Å². The summed E-state index contributed by atoms with van der Waals surface area (Å²) < 4.78 is 2.03. The molecule has 36 heavy (non-hydrogen) atoms. The van der Waals surface area contributed by atoms with E-state index in [1.807, 2.05) is 71.0 Å². The van der Waals surface area contributed by atoms with Crippen LogP contribution in [-0.2, 0) is 22.6 Å². The molecule has 3 aromatic rings. The molecule has 188 valence electrons. The van der Waals surface area contributed by atoms with Crippen molar-refractivity contribution >= 4 is 28.5 Å². The summed E-state index contributed by atoms with van der Waals surface area (Å²) in [7, 11) is 0. The zero-order chi connectivity index (χ0) is 24.7. The van der Waals surface area contributed by atoms with E-state index in [0.717, 1.165) is 59.6 Å². The minimum atomic E-state index is -0.137. The van der Waals surface area contributed by atoms with Gasteiger partial charge < -0.3 is 14.8 Å². The minimum Gasteiger partial charge on any atom is -0.355 e. The zero-order valence-corrected chi connectivity index (χ0v) is 21.2. The predicted molar refractivity (Wildman–Crippen MR) is 142 cm³/mol. The monoisotopic (exact) mass is 484 g/mol. The van der Waals surface area contributed by atoms with Gasteiger partial charge in [0.15, 0.2) is 0 Å². The first-order valence-corrected chi connectivity index (χ1v) is 13.6. The van der Waals surface area contributed by atoms with E-state index in [1.54, 1.807) is 0 Å². The molecule has 0 spiro atoms. The molecular weight excluding hydrogens is 448 g/mol. The van der Waals surface area contributed by atoms with Crippen molar-refractivity contribution in [3.05, 3.63) is 60.4 Å². The Bertz CT molecular complexity index is 1230. The molecule has 1 N–H and O–H groups in total. The number of hydrogen-bond donors (Lipinski definition) is 1. The lowest BCUT2D eigenvalue weighted by atomic mass is 9.49. The maximum atomic E-state index is 13.4. The smallest absolute Gasteiger partial charge is 0.246 e. The number of aromatic nitrogens is 2. The summed E-state index contributed by atoms with van der Waals surface area (Å²) in [6, 6.07) is 17.8. The quantitative estimate of drug-likeness (QED) is 0.491. The highest BCUT2D eigenvalue weighted by molar-refractivity contribution is 5.94. The van der Waals surface area contributed by atoms with Crippen molar-refractivity contribution in [1.82, 2.24) is 14.9 Å². The second-order valence-corrected chi connectivity index (χ2v) is 11.3. The largest absolute Gasteiger partial charge is 0.355 e. The van der Waals surface area contributed by atoms with E-state index in [9.17, 15) is 9.59 Å². The fourth-order valence-electron chi connectivity index (χ4n) is 7.69. The highest BCUT2D eigenvalue weighted by atomic mass is 16.2. The summed E-state index contributed by atoms with van der Waals surface area (Å²) in [5.74, 6) is 3.39. The molecule has 7 rings (SSSR count). The predicted octanol–water partition coefficient (Wildman–Crippen LogP) is 4.96. The van der Waals surface area contributed by atoms with Crippen molar-refractivity contribution in [3.63, 3.8) is 0 Å². The number of rotatable bonds is 8. The molecule has 2 aromatic carbocycles. The summed E-state index contributed by atoms with van der Waals surface area (Å²) >= 11 is 0. The molecule has 4 aliphatic carbocycles. The van der Waals surface area contributed by atoms with Gasteiger partial charge in [0, 0.05) is 30.6 Å². The first-order chi connectivity index (χ1) is 17.5. The third kappa shape index (κ3) is 4.21. The van der Waals surface area contributed by atoms with Crippen LogP contribution >= 0.6 is 0 Å². The van der Waals surface area contributed by atoms with Crippen LogP contribution in [0.2, 0.25) is 0 Å². The molecule has 0 radical (unpaired) electrons. The molecule has 6 heteroatoms. The SMILES string of the molecule is CCN(C(=O)Cn1c(CCNC(=O)C23CC4CC(CC(C4)C2)C3)nc2ccccc21)c1ccccc1. The lowest BCUT2D eigenvalue weighted by Crippen LogP contribution is -2.53. The molecule has 0 unspecified atom stereocenters. The molecule has 1 heterocycles. The van der Waals surface area contributed by atoms with Crippen molar-refractivity contribution < 1.29 is 9.59 Å². The molecule has 0 aliphatic heterocycles. The Morgan fingerprint density at radius 3 is 2.28 bits per heavy atom. The first kappa shape index (κ1) is 23.3. The van der Waals surface area contributed by atoms with Crippen molar-refractivity contribution in [2.75, 3.05) is 18.0 Å². The van der Waals surface area contributed by atoms with Crippen molar-refractivity contribution in [2.45, 2.75) is 58.4 Å². The second kappa shape index (κ2) is 9.38. The number of nitrogens with zero attached hydrogens (tertiary/aromatic N) is 3. The van der Waals surface area contributed by atoms with E-state index >= 15 is 0 Å². The van der Waals surface area contributed by atoms with Crippen LogP contribution in [0.3, 0.4) is 0 Å². The molecule has 0 saturated heterocycles. The highest BCUT2D eigenvalue weighted by Gasteiger charge is 2.54. The van der Waals surface area contributed by atoms with Gasteiger partial charge in [-0.3, -0.25) is 9.59 Å². The van der Waals surface area contributed by atoms with Gasteiger partial charge in [0.25, 0.3) is 0 Å². The fraction of sp³-hybridized carbons (Fsp3) is 0.500. The Labute approximate surface area is 213 Å². The summed E-state index contributed by atoms with van der Waals surface area (Å²) in [5.41, 5.74) is 2.61. The van der Waals surface area contributed by atoms with Crippen LogP contribution in [0.5, 0.6) is 0 Å². The van der Waals surface area contributed by atoms with Gasteiger partial charge in [-0.15, -0.1) is 0 Å². The number of likely N-dealkylation sites (N-methyl/N-ethyl adjacent to an activating group) is 1. The molecule has 1 aromatic heterocycles. The van der Waals surface area contributed by atoms with Gasteiger partial charge in [-0.1, -0.05) is 30.3 Å². The van der Waals surface area contributed by atoms with Crippen LogP contribution < -0.4 is 10.2 Å². The number of benzene rings is 2. The molecule has 4 aliphatic rings. The second-order valence-electron chi connectivity index (χ2n) is 11.3. The van der Waals surface area contributed by atoms with Crippen molar-refractivity contribution in [1.29, 1.82) is 0 Å². The summed E-state index contributed by atoms with van der Waals surface area (Å²) in [5, 5.41) is 3.29. The van der Waals surface area contributed by atoms with Crippen LogP contribution in [0.4, 0.5) is 5.69 Å². The van der Waals surface area contributed by atoms with Gasteiger partial charge in [-0.2, -0.15) is 0 Å². The van der Waals surface area contributed by atoms with Crippen molar-refractivity contribution in [3.8, 4) is 0 Å². The maximum absolute atomic E-state index is 13.4. The van der Waals surface area contributed by atoms with E-state index in [2.05, 4.69) is 5.32 Å². The van der Waals surface area contributed by atoms with Crippen LogP contribution in [0.1, 0.15) is 51.3 Å². The Kier molecular flexibility index (Phi) is 6.06. The number of anilines is 1. The van der Waals surface area contributed by atoms with Crippen LogP contribution in [0, 0.1) is 23.2 Å². The van der Waals surface area contributed by atoms with E-state index in [4.69, 9.17) is 4.98 Å². The molecule has 4 fully saturated rings. The standard InChI is InChI=1S/C30H36N4O2/c1-2-33(24-8-4-3-5-9-24)28(35)20-34-26-11-7-6-10-25(26)32-27(34)12-13-31-29(36)30-17-21-14-22(18-30)16-23(15-21)19-30/h3-11,21-23H,2,12-20H2,1H3,(H,31,36). The van der Waals surface area contributed by atoms with E-state index < -0.39 is 0 Å². The molecule has 4 saturated carbocycles. The van der Waals surface area contributed by atoms with Crippen LogP contribution in [0.15, 0.2) is 54.6 Å². The third-order valence-electron chi connectivity index (χ3n) is 8.87. The zero-order valence-electron chi connectivity index (χ0n) is 21.2. The number of carbonyl (C=O) groups excluding carboxylic acids is 2. The highest BCUT2D eigenvalue weighted by Crippen LogP contribution is 2.60. The Balaban J connectivity index is 1.17. The summed E-state index contributed by atoms with van der Waals surface area (Å²) in [4.78, 5) is 33.5. The van der Waals surface area contributed by atoms with Gasteiger partial charge in [-0.05, 0) is 87.5 Å². The Morgan fingerprint density at radius 2 is 1.61 bits per heavy atom. The molecule has 4 bridgehead atoms. The van der Waals surface area contributed by atoms with Gasteiger partial charge in [0.1, 0.15) is 12.4 Å². The normalized spacial score (nSPS) is 26.3. The van der Waals surface area contributed by atoms with Gasteiger partial charge in [0.2, 0.25) is 11.8 Å². The summed E-state index contributed by atoms with van der Waals surface area (Å²) in [6.45, 7) is 3.37. The molecular formula is C30H36N4O2. The van der Waals surface area contributed by atoms with Crippen LogP contribution in [0.25, 0.3) is 11.0 Å². The maximum Gasteiger partial charge on any atom is 0.246 e. The Hall–Kier alpha value is -3.15. The van der Waals surface area contributed by atoms with Crippen LogP contribution in [-0.4, -0.2) is 34.5 Å². The van der Waals surface area contributed by atoms with E-state index in [1.165, 1.54) is 19.3 Å². The van der Waals surface area contributed by atoms with Gasteiger partial charge in [-0.25, -0.2) is 4.98 Å². The number of fused-ring (bicyclic) bond motifs is 1. The molecule has 2 amide bonds. The van der Waals surface area contributed by atoms with Gasteiger partial charge in [0.05, 0.1) is 11.0 Å². The number of nitrogens with one attached hydrogen (secondary N) is 1. The fourth-order valence-corrected chi connectivity index (χ4v) is 7.69.